The maximum atomic E-state index is 15.4. The Balaban J connectivity index is 1.17. The molecule has 0 fully saturated rings. The molecule has 0 amide bonds. The summed E-state index contributed by atoms with van der Waals surface area (Å²) in [6.45, 7) is 58.5. The Morgan fingerprint density at radius 1 is 0.260 bits per heavy atom. The molecule has 0 saturated heterocycles. The van der Waals surface area contributed by atoms with E-state index in [1.165, 1.54) is 0 Å². The second kappa shape index (κ2) is 41.4. The predicted octanol–water partition coefficient (Wildman–Crippen LogP) is 25.1. The van der Waals surface area contributed by atoms with E-state index >= 15 is 13.7 Å². The van der Waals surface area contributed by atoms with Gasteiger partial charge < -0.3 is 42.1 Å². The fourth-order valence-electron chi connectivity index (χ4n) is 19.0. The topological polar surface area (TPSA) is 260 Å². The van der Waals surface area contributed by atoms with Gasteiger partial charge in [-0.3, -0.25) is 43.2 Å². The van der Waals surface area contributed by atoms with Crippen LogP contribution in [0.2, 0.25) is 0 Å². The first-order chi connectivity index (χ1) is 56.5. The number of hydrogen-bond acceptors (Lipinski definition) is 18. The number of carbonyl (C=O) groups excluding carboxylic acids is 9. The molecule has 21 heteroatoms. The summed E-state index contributed by atoms with van der Waals surface area (Å²) < 4.78 is 85.1. The Kier molecular flexibility index (Phi) is 35.0. The summed E-state index contributed by atoms with van der Waals surface area (Å²) in [6.07, 6.45) is 2.00. The average Bonchev–Trinajstić information content (AvgIpc) is 0.767. The SMILES string of the molecule is CCC(CC(C)(C)OCCCC(C)(C)OC(=O)CCP(=O)(C(=O)c1c(C)cc(C)cc1C)C(=O)c1c(C)cc(C)cc1C)(CC(C)(C)OCCCC(C)(C)OC(=O)CCP(=O)(C(=O)c1c(C)cc(C)cc1C)C(=O)c1c(C)cc(C)cc1C)CC(C)(C)OCCCC(C)(C)OC(=O)CCP(=O)(C(=O)c1c(C)cc(C)cc1C)C(=O)c1c(C)cc(C)cc1C. The molecule has 0 unspecified atom stereocenters. The number of esters is 3. The van der Waals surface area contributed by atoms with E-state index < -0.39 is 149 Å². The highest BCUT2D eigenvalue weighted by molar-refractivity contribution is 7.96. The summed E-state index contributed by atoms with van der Waals surface area (Å²) in [4.78, 5) is 130. The summed E-state index contributed by atoms with van der Waals surface area (Å²) in [5.41, 5.74) is 3.36. The third kappa shape index (κ3) is 27.4. The first-order valence-corrected chi connectivity index (χ1v) is 49.3. The van der Waals surface area contributed by atoms with Crippen LogP contribution >= 0.6 is 21.4 Å². The van der Waals surface area contributed by atoms with Crippen LogP contribution in [0.1, 0.15) is 336 Å². The van der Waals surface area contributed by atoms with Gasteiger partial charge >= 0.3 is 17.9 Å². The molecule has 18 nitrogen and oxygen atoms in total. The fourth-order valence-corrected chi connectivity index (χ4v) is 26.6. The minimum Gasteiger partial charge on any atom is -0.460 e. The van der Waals surface area contributed by atoms with Crippen molar-refractivity contribution >= 4 is 72.5 Å². The second-order valence-electron chi connectivity index (χ2n) is 39.3. The Morgan fingerprint density at radius 2 is 0.415 bits per heavy atom. The van der Waals surface area contributed by atoms with Crippen molar-refractivity contribution in [2.45, 2.75) is 332 Å². The van der Waals surface area contributed by atoms with E-state index in [-0.39, 0.29) is 53.2 Å². The van der Waals surface area contributed by atoms with Gasteiger partial charge in [-0.15, -0.1) is 0 Å². The standard InChI is InChI=1S/C102H143O18P3/c1-32-102(60-99(26,27)115-42-33-39-96(20,21)118-81(103)36-45-121(112,90(106)84-69(8)48-63(2)49-70(84)9)91(107)85-71(10)50-64(3)51-72(85)11,61-100(28,29)116-43-34-40-97(22,23)119-82(104)37-46-122(113,92(108)86-73(12)52-65(4)53-74(86)13)93(109)87-75(14)54-66(5)55-76(87)15)62-101(30,31)117-44-35-41-98(24,25)120-83(105)38-47-123(114,94(110)88-77(16)56-67(6)57-78(88)17)95(111)89-79(18)58-68(7)59-80(89)19/h48-59H,32-47,60-62H2,1-31H3. The molecular weight excluding hydrogens is 1610 g/mol. The lowest BCUT2D eigenvalue weighted by molar-refractivity contribution is -0.158. The maximum Gasteiger partial charge on any atom is 0.306 e. The van der Waals surface area contributed by atoms with E-state index in [1.54, 1.807) is 125 Å². The van der Waals surface area contributed by atoms with Gasteiger partial charge in [0.15, 0.2) is 0 Å². The zero-order chi connectivity index (χ0) is 93.2. The molecule has 6 rings (SSSR count). The Hall–Kier alpha value is -7.68. The molecule has 0 aliphatic carbocycles. The smallest absolute Gasteiger partial charge is 0.306 e. The second-order valence-corrected chi connectivity index (χ2v) is 47.6. The molecule has 0 aliphatic rings. The van der Waals surface area contributed by atoms with Crippen LogP contribution in [0.25, 0.3) is 0 Å². The molecule has 0 bridgehead atoms. The first-order valence-electron chi connectivity index (χ1n) is 43.6. The van der Waals surface area contributed by atoms with Crippen LogP contribution in [0.4, 0.5) is 0 Å². The van der Waals surface area contributed by atoms with E-state index in [1.807, 2.05) is 114 Å². The lowest BCUT2D eigenvalue weighted by atomic mass is 9.65. The third-order valence-electron chi connectivity index (χ3n) is 23.8. The highest BCUT2D eigenvalue weighted by Crippen LogP contribution is 2.58. The molecule has 6 aromatic carbocycles. The molecule has 123 heavy (non-hydrogen) atoms. The van der Waals surface area contributed by atoms with Crippen molar-refractivity contribution in [3.8, 4) is 0 Å². The third-order valence-corrected chi connectivity index (χ3v) is 31.6. The van der Waals surface area contributed by atoms with Gasteiger partial charge in [-0.05, 0) is 338 Å². The van der Waals surface area contributed by atoms with E-state index in [0.29, 0.717) is 131 Å². The van der Waals surface area contributed by atoms with E-state index in [2.05, 4.69) is 48.5 Å². The fraction of sp³-hybridized carbons (Fsp3) is 0.559. The van der Waals surface area contributed by atoms with Gasteiger partial charge in [-0.1, -0.05) is 120 Å². The summed E-state index contributed by atoms with van der Waals surface area (Å²) >= 11 is 0. The number of hydrogen-bond donors (Lipinski definition) is 0. The number of ether oxygens (including phenoxy) is 6. The van der Waals surface area contributed by atoms with Crippen molar-refractivity contribution in [2.75, 3.05) is 38.3 Å². The number of benzene rings is 6. The predicted molar refractivity (Wildman–Crippen MR) is 496 cm³/mol. The summed E-state index contributed by atoms with van der Waals surface area (Å²) in [5, 5.41) is 0. The van der Waals surface area contributed by atoms with E-state index in [0.717, 1.165) is 33.4 Å². The zero-order valence-electron chi connectivity index (χ0n) is 80.1. The van der Waals surface area contributed by atoms with Crippen LogP contribution < -0.4 is 0 Å². The van der Waals surface area contributed by atoms with Gasteiger partial charge in [0.2, 0.25) is 54.6 Å². The van der Waals surface area contributed by atoms with Crippen LogP contribution in [-0.2, 0) is 56.5 Å². The number of carbonyl (C=O) groups is 9. The van der Waals surface area contributed by atoms with Crippen molar-refractivity contribution in [1.82, 2.24) is 0 Å². The van der Waals surface area contributed by atoms with Gasteiger partial charge in [0.1, 0.15) is 16.8 Å². The summed E-state index contributed by atoms with van der Waals surface area (Å²) in [6, 6.07) is 21.9. The van der Waals surface area contributed by atoms with Crippen LogP contribution in [0, 0.1) is 130 Å². The minimum absolute atomic E-state index is 0.217. The highest BCUT2D eigenvalue weighted by Gasteiger charge is 2.49. The normalized spacial score (nSPS) is 12.8. The van der Waals surface area contributed by atoms with Crippen molar-refractivity contribution < 1.29 is 85.3 Å². The minimum atomic E-state index is -4.48. The molecular formula is C102H143O18P3. The number of aryl methyl sites for hydroxylation is 18. The largest absolute Gasteiger partial charge is 0.460 e. The molecule has 0 saturated carbocycles. The van der Waals surface area contributed by atoms with Crippen molar-refractivity contribution in [1.29, 1.82) is 0 Å². The van der Waals surface area contributed by atoms with Crippen molar-refractivity contribution in [2.24, 2.45) is 5.41 Å². The average molecular weight is 1750 g/mol. The zero-order valence-corrected chi connectivity index (χ0v) is 82.7. The molecule has 674 valence electrons. The lowest BCUT2D eigenvalue weighted by Gasteiger charge is -2.47. The van der Waals surface area contributed by atoms with Crippen molar-refractivity contribution in [3.05, 3.63) is 206 Å². The van der Waals surface area contributed by atoms with Crippen LogP contribution in [-0.4, -0.2) is 123 Å². The Morgan fingerprint density at radius 3 is 0.561 bits per heavy atom. The lowest BCUT2D eigenvalue weighted by Crippen LogP contribution is -2.45. The van der Waals surface area contributed by atoms with Gasteiger partial charge in [0, 0.05) is 71.7 Å². The molecule has 0 aromatic heterocycles. The summed E-state index contributed by atoms with van der Waals surface area (Å²) in [5.74, 6) is -2.08. The maximum absolute atomic E-state index is 15.4. The van der Waals surface area contributed by atoms with Crippen LogP contribution in [0.3, 0.4) is 0 Å². The first kappa shape index (κ1) is 104. The molecule has 0 aliphatic heterocycles. The van der Waals surface area contributed by atoms with Crippen LogP contribution in [0.5, 0.6) is 0 Å². The quantitative estimate of drug-likeness (QED) is 0.0149. The summed E-state index contributed by atoms with van der Waals surface area (Å²) in [7, 11) is -13.4. The highest BCUT2D eigenvalue weighted by atomic mass is 31.2. The van der Waals surface area contributed by atoms with E-state index in [4.69, 9.17) is 28.4 Å². The molecule has 0 N–H and O–H groups in total. The van der Waals surface area contributed by atoms with Gasteiger partial charge in [0.05, 0.1) is 36.1 Å². The molecule has 0 atom stereocenters. The van der Waals surface area contributed by atoms with Gasteiger partial charge in [-0.2, -0.15) is 0 Å². The molecule has 0 radical (unpaired) electrons. The Bertz CT molecular complexity index is 4310. The van der Waals surface area contributed by atoms with Gasteiger partial charge in [0.25, 0.3) is 0 Å². The van der Waals surface area contributed by atoms with Gasteiger partial charge in [-0.25, -0.2) is 0 Å². The van der Waals surface area contributed by atoms with Crippen molar-refractivity contribution in [3.63, 3.8) is 0 Å². The molecule has 0 heterocycles. The molecule has 0 spiro atoms. The van der Waals surface area contributed by atoms with E-state index in [9.17, 15) is 43.2 Å². The Labute approximate surface area is 735 Å². The number of rotatable bonds is 46. The van der Waals surface area contributed by atoms with Crippen LogP contribution in [0.15, 0.2) is 72.8 Å². The molecule has 6 aromatic rings. The monoisotopic (exact) mass is 1750 g/mol.